The van der Waals surface area contributed by atoms with Gasteiger partial charge in [0.1, 0.15) is 18.4 Å². The number of nitrogens with two attached hydrogens (primary N) is 3. The van der Waals surface area contributed by atoms with E-state index in [0.717, 1.165) is 25.2 Å². The minimum Gasteiger partial charge on any atom is -0.491 e. The second-order valence-electron chi connectivity index (χ2n) is 10.7. The Bertz CT molecular complexity index is 1160. The van der Waals surface area contributed by atoms with E-state index in [1.807, 2.05) is 30.3 Å². The molecule has 1 fully saturated rings. The van der Waals surface area contributed by atoms with Crippen LogP contribution in [0.1, 0.15) is 37.7 Å². The van der Waals surface area contributed by atoms with Crippen molar-refractivity contribution in [2.75, 3.05) is 57.7 Å². The quantitative estimate of drug-likeness (QED) is 0.179. The van der Waals surface area contributed by atoms with E-state index in [1.165, 1.54) is 24.2 Å². The Kier molecular flexibility index (Phi) is 14.7. The van der Waals surface area contributed by atoms with Gasteiger partial charge in [-0.15, -0.1) is 0 Å². The first kappa shape index (κ1) is 34.3. The maximum absolute atomic E-state index is 13.4. The van der Waals surface area contributed by atoms with Gasteiger partial charge in [-0.25, -0.2) is 0 Å². The number of ether oxygens (including phenoxy) is 1. The smallest absolute Gasteiger partial charge is 0.246 e. The molecule has 3 rings (SSSR count). The van der Waals surface area contributed by atoms with Gasteiger partial charge in [0, 0.05) is 38.4 Å². The van der Waals surface area contributed by atoms with E-state index in [2.05, 4.69) is 15.5 Å². The molecule has 2 atom stereocenters. The van der Waals surface area contributed by atoms with Crippen molar-refractivity contribution in [3.63, 3.8) is 0 Å². The number of halogens is 1. The third-order valence-corrected chi connectivity index (χ3v) is 7.69. The molecule has 0 saturated carbocycles. The lowest BCUT2D eigenvalue weighted by molar-refractivity contribution is -0.134. The van der Waals surface area contributed by atoms with Gasteiger partial charge in [-0.05, 0) is 62.5 Å². The van der Waals surface area contributed by atoms with E-state index < -0.39 is 23.9 Å². The van der Waals surface area contributed by atoms with Crippen LogP contribution in [0.15, 0.2) is 48.5 Å². The number of nitrogens with zero attached hydrogens (tertiary/aromatic N) is 2. The van der Waals surface area contributed by atoms with Crippen molar-refractivity contribution in [3.05, 3.63) is 59.1 Å². The Morgan fingerprint density at radius 1 is 0.977 bits per heavy atom. The van der Waals surface area contributed by atoms with Crippen LogP contribution in [0.25, 0.3) is 0 Å². The van der Waals surface area contributed by atoms with Gasteiger partial charge in [-0.3, -0.25) is 19.3 Å². The molecule has 1 saturated heterocycles. The van der Waals surface area contributed by atoms with E-state index >= 15 is 0 Å². The summed E-state index contributed by atoms with van der Waals surface area (Å²) in [6.45, 7) is 4.71. The predicted octanol–water partition coefficient (Wildman–Crippen LogP) is 1.72. The highest BCUT2D eigenvalue weighted by Gasteiger charge is 2.27. The van der Waals surface area contributed by atoms with Crippen LogP contribution < -0.4 is 32.6 Å². The second-order valence-corrected chi connectivity index (χ2v) is 11.1. The molecule has 0 aliphatic carbocycles. The first-order chi connectivity index (χ1) is 20.8. The van der Waals surface area contributed by atoms with Crippen LogP contribution >= 0.6 is 11.6 Å². The van der Waals surface area contributed by atoms with Gasteiger partial charge >= 0.3 is 0 Å². The molecular weight excluding hydrogens is 570 g/mol. The average Bonchev–Trinajstić information content (AvgIpc) is 3.01. The lowest BCUT2D eigenvalue weighted by atomic mass is 10.0. The standard InChI is InChI=1S/C31H46ClN7O4/c32-25-21-24(10-12-28(25)43-20-19-38-15-5-2-6-16-38)36-31(42)27(11-9-23-7-3-1-4-8-23)37-30(41)26(35)22-29(40)39(17-13-33)18-14-34/h1,3-4,7-8,10,12,21,26-27H,2,5-6,9,11,13-20,22,33-35H2,(H,36,42)(H,37,41)/t26-,27-/m0/s1. The van der Waals surface area contributed by atoms with Crippen molar-refractivity contribution in [1.29, 1.82) is 0 Å². The summed E-state index contributed by atoms with van der Waals surface area (Å²) in [6, 6.07) is 12.7. The van der Waals surface area contributed by atoms with Crippen molar-refractivity contribution in [2.24, 2.45) is 17.2 Å². The van der Waals surface area contributed by atoms with E-state index in [1.54, 1.807) is 18.2 Å². The summed E-state index contributed by atoms with van der Waals surface area (Å²) in [5, 5.41) is 5.96. The zero-order valence-electron chi connectivity index (χ0n) is 24.8. The number of benzene rings is 2. The Morgan fingerprint density at radius 2 is 1.67 bits per heavy atom. The summed E-state index contributed by atoms with van der Waals surface area (Å²) >= 11 is 6.47. The number of carbonyl (C=O) groups excluding carboxylic acids is 3. The lowest BCUT2D eigenvalue weighted by Gasteiger charge is -2.26. The zero-order valence-corrected chi connectivity index (χ0v) is 25.6. The number of likely N-dealkylation sites (tertiary alicyclic amines) is 1. The minimum absolute atomic E-state index is 0.228. The summed E-state index contributed by atoms with van der Waals surface area (Å²) in [7, 11) is 0. The fraction of sp³-hybridized carbons (Fsp3) is 0.516. The zero-order chi connectivity index (χ0) is 31.0. The van der Waals surface area contributed by atoms with Gasteiger partial charge in [0.15, 0.2) is 0 Å². The average molecular weight is 616 g/mol. The van der Waals surface area contributed by atoms with Crippen molar-refractivity contribution < 1.29 is 19.1 Å². The number of carbonyl (C=O) groups is 3. The number of nitrogens with one attached hydrogen (secondary N) is 2. The largest absolute Gasteiger partial charge is 0.491 e. The van der Waals surface area contributed by atoms with Crippen molar-refractivity contribution in [2.45, 2.75) is 50.6 Å². The fourth-order valence-electron chi connectivity index (χ4n) is 4.98. The maximum atomic E-state index is 13.4. The second kappa shape index (κ2) is 18.4. The molecule has 1 heterocycles. The van der Waals surface area contributed by atoms with Gasteiger partial charge in [0.2, 0.25) is 17.7 Å². The summed E-state index contributed by atoms with van der Waals surface area (Å²) < 4.78 is 5.89. The SMILES string of the molecule is NCCN(CCN)C(=O)C[C@H](N)C(=O)N[C@@H](CCc1ccccc1)C(=O)Nc1ccc(OCCN2CCCCC2)c(Cl)c1. The minimum atomic E-state index is -1.15. The molecule has 0 radical (unpaired) electrons. The first-order valence-corrected chi connectivity index (χ1v) is 15.4. The summed E-state index contributed by atoms with van der Waals surface area (Å²) in [6.07, 6.45) is 4.35. The fourth-order valence-corrected chi connectivity index (χ4v) is 5.21. The summed E-state index contributed by atoms with van der Waals surface area (Å²) in [5.74, 6) is -0.806. The molecule has 1 aliphatic rings. The van der Waals surface area contributed by atoms with Gasteiger partial charge in [-0.2, -0.15) is 0 Å². The normalized spacial score (nSPS) is 14.9. The van der Waals surface area contributed by atoms with Gasteiger partial charge in [-0.1, -0.05) is 48.4 Å². The number of anilines is 1. The molecule has 0 unspecified atom stereocenters. The van der Waals surface area contributed by atoms with E-state index in [-0.39, 0.29) is 25.4 Å². The lowest BCUT2D eigenvalue weighted by Crippen LogP contribution is -2.52. The van der Waals surface area contributed by atoms with E-state index in [9.17, 15) is 14.4 Å². The van der Waals surface area contributed by atoms with Gasteiger partial charge < -0.3 is 37.5 Å². The molecular formula is C31H46ClN7O4. The molecule has 2 aromatic carbocycles. The Morgan fingerprint density at radius 3 is 2.33 bits per heavy atom. The predicted molar refractivity (Wildman–Crippen MR) is 170 cm³/mol. The third-order valence-electron chi connectivity index (χ3n) is 7.39. The van der Waals surface area contributed by atoms with Crippen LogP contribution in [0.3, 0.4) is 0 Å². The maximum Gasteiger partial charge on any atom is 0.246 e. The Balaban J connectivity index is 1.61. The molecule has 12 heteroatoms. The Labute approximate surface area is 259 Å². The molecule has 2 aromatic rings. The molecule has 3 amide bonds. The topological polar surface area (TPSA) is 169 Å². The molecule has 1 aliphatic heterocycles. The molecule has 236 valence electrons. The van der Waals surface area contributed by atoms with Crippen LogP contribution in [-0.2, 0) is 20.8 Å². The van der Waals surface area contributed by atoms with Crippen LogP contribution in [0.2, 0.25) is 5.02 Å². The molecule has 8 N–H and O–H groups in total. The van der Waals surface area contributed by atoms with Crippen molar-refractivity contribution in [1.82, 2.24) is 15.1 Å². The van der Waals surface area contributed by atoms with Gasteiger partial charge in [0.05, 0.1) is 17.5 Å². The highest BCUT2D eigenvalue weighted by molar-refractivity contribution is 6.32. The van der Waals surface area contributed by atoms with Crippen LogP contribution in [-0.4, -0.2) is 92.0 Å². The van der Waals surface area contributed by atoms with Crippen LogP contribution in [0.4, 0.5) is 5.69 Å². The van der Waals surface area contributed by atoms with Crippen molar-refractivity contribution >= 4 is 35.0 Å². The number of hydrogen-bond donors (Lipinski definition) is 5. The Hall–Kier alpha value is -3.22. The number of piperidine rings is 1. The highest BCUT2D eigenvalue weighted by Crippen LogP contribution is 2.28. The van der Waals surface area contributed by atoms with Crippen molar-refractivity contribution in [3.8, 4) is 5.75 Å². The van der Waals surface area contributed by atoms with Crippen LogP contribution in [0, 0.1) is 0 Å². The van der Waals surface area contributed by atoms with Gasteiger partial charge in [0.25, 0.3) is 0 Å². The number of amides is 3. The molecule has 0 bridgehead atoms. The molecule has 0 spiro atoms. The highest BCUT2D eigenvalue weighted by atomic mass is 35.5. The number of aryl methyl sites for hydroxylation is 1. The summed E-state index contributed by atoms with van der Waals surface area (Å²) in [5.41, 5.74) is 18.8. The summed E-state index contributed by atoms with van der Waals surface area (Å²) in [4.78, 5) is 43.0. The van der Waals surface area contributed by atoms with Crippen LogP contribution in [0.5, 0.6) is 5.75 Å². The number of rotatable bonds is 17. The van der Waals surface area contributed by atoms with E-state index in [0.29, 0.717) is 49.0 Å². The monoisotopic (exact) mass is 615 g/mol. The molecule has 43 heavy (non-hydrogen) atoms. The molecule has 11 nitrogen and oxygen atoms in total. The third kappa shape index (κ3) is 11.8. The van der Waals surface area contributed by atoms with E-state index in [4.69, 9.17) is 33.5 Å². The molecule has 0 aromatic heterocycles. The number of hydrogen-bond acceptors (Lipinski definition) is 8. The first-order valence-electron chi connectivity index (χ1n) is 15.0.